The van der Waals surface area contributed by atoms with Crippen LogP contribution in [0.2, 0.25) is 0 Å². The van der Waals surface area contributed by atoms with Gasteiger partial charge in [-0.15, -0.1) is 0 Å². The minimum Gasteiger partial charge on any atom is -0.383 e. The third kappa shape index (κ3) is 1.75. The molecule has 0 atom stereocenters. The molecule has 3 rings (SSSR count). The maximum absolute atomic E-state index is 5.90. The van der Waals surface area contributed by atoms with E-state index in [1.54, 1.807) is 0 Å². The van der Waals surface area contributed by atoms with Crippen LogP contribution in [0, 0.1) is 0 Å². The lowest BCUT2D eigenvalue weighted by Gasteiger charge is -2.02. The number of nitrogens with two attached hydrogens (primary N) is 2. The van der Waals surface area contributed by atoms with Crippen molar-refractivity contribution in [3.05, 3.63) is 47.7 Å². The lowest BCUT2D eigenvalue weighted by atomic mass is 10.1. The molecule has 18 heavy (non-hydrogen) atoms. The van der Waals surface area contributed by atoms with Crippen molar-refractivity contribution in [3.63, 3.8) is 0 Å². The molecule has 3 aromatic rings. The predicted octanol–water partition coefficient (Wildman–Crippen LogP) is 1.71. The van der Waals surface area contributed by atoms with E-state index in [-0.39, 0.29) is 5.95 Å². The van der Waals surface area contributed by atoms with Gasteiger partial charge in [0.1, 0.15) is 11.5 Å². The summed E-state index contributed by atoms with van der Waals surface area (Å²) in [5.41, 5.74) is 14.4. The smallest absolute Gasteiger partial charge is 0.223 e. The van der Waals surface area contributed by atoms with Gasteiger partial charge < -0.3 is 16.5 Å². The minimum absolute atomic E-state index is 0.188. The number of anilines is 2. The maximum Gasteiger partial charge on any atom is 0.223 e. The zero-order valence-electron chi connectivity index (χ0n) is 9.72. The Kier molecular flexibility index (Phi) is 2.37. The first-order valence-electron chi connectivity index (χ1n) is 5.67. The number of nitrogen functional groups attached to an aromatic ring is 2. The van der Waals surface area contributed by atoms with Gasteiger partial charge in [-0.25, -0.2) is 0 Å². The van der Waals surface area contributed by atoms with Crippen LogP contribution >= 0.6 is 0 Å². The molecule has 0 saturated carbocycles. The van der Waals surface area contributed by atoms with Gasteiger partial charge in [0.25, 0.3) is 0 Å². The fourth-order valence-electron chi connectivity index (χ4n) is 2.10. The summed E-state index contributed by atoms with van der Waals surface area (Å²) >= 11 is 0. The average molecular weight is 239 g/mol. The molecule has 0 saturated heterocycles. The van der Waals surface area contributed by atoms with E-state index in [1.807, 2.05) is 24.4 Å². The molecular weight excluding hydrogens is 226 g/mol. The van der Waals surface area contributed by atoms with E-state index in [1.165, 1.54) is 5.56 Å². The second kappa shape index (κ2) is 4.03. The number of rotatable bonds is 2. The predicted molar refractivity (Wildman–Crippen MR) is 72.0 cm³/mol. The number of fused-ring (bicyclic) bond motifs is 1. The van der Waals surface area contributed by atoms with Crippen molar-refractivity contribution in [2.45, 2.75) is 6.42 Å². The molecule has 2 aromatic heterocycles. The van der Waals surface area contributed by atoms with Crippen LogP contribution in [0.25, 0.3) is 11.0 Å². The molecule has 0 unspecified atom stereocenters. The molecule has 0 amide bonds. The highest BCUT2D eigenvalue weighted by Crippen LogP contribution is 2.24. The van der Waals surface area contributed by atoms with Crippen molar-refractivity contribution in [2.75, 3.05) is 11.5 Å². The summed E-state index contributed by atoms with van der Waals surface area (Å²) in [5.74, 6) is 0.609. The quantitative estimate of drug-likeness (QED) is 0.634. The van der Waals surface area contributed by atoms with Crippen molar-refractivity contribution in [2.24, 2.45) is 0 Å². The summed E-state index contributed by atoms with van der Waals surface area (Å²) in [4.78, 5) is 11.2. The van der Waals surface area contributed by atoms with Crippen LogP contribution in [0.15, 0.2) is 36.5 Å². The second-order valence-electron chi connectivity index (χ2n) is 4.17. The van der Waals surface area contributed by atoms with E-state index in [0.717, 1.165) is 17.4 Å². The molecular formula is C13H13N5. The van der Waals surface area contributed by atoms with Crippen LogP contribution in [0.1, 0.15) is 11.1 Å². The lowest BCUT2D eigenvalue weighted by molar-refractivity contribution is 1.20. The van der Waals surface area contributed by atoms with Gasteiger partial charge in [0.2, 0.25) is 5.95 Å². The van der Waals surface area contributed by atoms with E-state index in [2.05, 4.69) is 27.1 Å². The number of H-pyrrole nitrogens is 1. The molecule has 0 aliphatic carbocycles. The highest BCUT2D eigenvalue weighted by Gasteiger charge is 2.10. The van der Waals surface area contributed by atoms with E-state index >= 15 is 0 Å². The van der Waals surface area contributed by atoms with Crippen LogP contribution in [0.4, 0.5) is 11.8 Å². The number of aromatic amines is 1. The highest BCUT2D eigenvalue weighted by molar-refractivity contribution is 5.90. The summed E-state index contributed by atoms with van der Waals surface area (Å²) in [6.45, 7) is 0. The van der Waals surface area contributed by atoms with Gasteiger partial charge in [0, 0.05) is 6.20 Å². The van der Waals surface area contributed by atoms with Gasteiger partial charge in [-0.1, -0.05) is 30.3 Å². The summed E-state index contributed by atoms with van der Waals surface area (Å²) in [6.07, 6.45) is 2.69. The average Bonchev–Trinajstić information content (AvgIpc) is 2.73. The third-order valence-corrected chi connectivity index (χ3v) is 2.90. The number of hydrogen-bond acceptors (Lipinski definition) is 4. The summed E-state index contributed by atoms with van der Waals surface area (Å²) in [5, 5.41) is 0.855. The van der Waals surface area contributed by atoms with Gasteiger partial charge in [0.05, 0.1) is 5.39 Å². The van der Waals surface area contributed by atoms with Crippen LogP contribution in [0.5, 0.6) is 0 Å². The zero-order valence-corrected chi connectivity index (χ0v) is 9.72. The number of benzene rings is 1. The van der Waals surface area contributed by atoms with Crippen molar-refractivity contribution in [1.29, 1.82) is 0 Å². The van der Waals surface area contributed by atoms with Crippen LogP contribution < -0.4 is 11.5 Å². The van der Waals surface area contributed by atoms with E-state index in [0.29, 0.717) is 11.5 Å². The lowest BCUT2D eigenvalue weighted by Crippen LogP contribution is -2.00. The Bertz CT molecular complexity index is 687. The number of aromatic nitrogens is 3. The zero-order chi connectivity index (χ0) is 12.5. The molecule has 0 bridgehead atoms. The number of nitrogens with one attached hydrogen (secondary N) is 1. The largest absolute Gasteiger partial charge is 0.383 e. The molecule has 0 aliphatic heterocycles. The Balaban J connectivity index is 2.08. The van der Waals surface area contributed by atoms with Gasteiger partial charge in [-0.2, -0.15) is 9.97 Å². The summed E-state index contributed by atoms with van der Waals surface area (Å²) < 4.78 is 0. The monoisotopic (exact) mass is 239 g/mol. The molecule has 2 heterocycles. The molecule has 0 radical (unpaired) electrons. The molecule has 5 heteroatoms. The first kappa shape index (κ1) is 10.6. The van der Waals surface area contributed by atoms with E-state index in [9.17, 15) is 0 Å². The molecule has 0 fully saturated rings. The standard InChI is InChI=1S/C13H13N5/c14-11-10-9(6-8-4-2-1-3-5-8)7-16-12(10)18-13(15)17-11/h1-5,7H,6H2,(H5,14,15,16,17,18). The van der Waals surface area contributed by atoms with E-state index < -0.39 is 0 Å². The first-order chi connectivity index (χ1) is 8.74. The van der Waals surface area contributed by atoms with Crippen LogP contribution in [-0.4, -0.2) is 15.0 Å². The Morgan fingerprint density at radius 3 is 2.61 bits per heavy atom. The Hall–Kier alpha value is -2.56. The molecule has 0 spiro atoms. The van der Waals surface area contributed by atoms with Crippen molar-refractivity contribution >= 4 is 22.8 Å². The minimum atomic E-state index is 0.188. The fraction of sp³-hybridized carbons (Fsp3) is 0.0769. The normalized spacial score (nSPS) is 10.9. The van der Waals surface area contributed by atoms with E-state index in [4.69, 9.17) is 11.5 Å². The van der Waals surface area contributed by atoms with Crippen LogP contribution in [-0.2, 0) is 6.42 Å². The van der Waals surface area contributed by atoms with Gasteiger partial charge >= 0.3 is 0 Å². The Labute approximate surface area is 104 Å². The highest BCUT2D eigenvalue weighted by atomic mass is 15.1. The second-order valence-corrected chi connectivity index (χ2v) is 4.17. The molecule has 1 aromatic carbocycles. The van der Waals surface area contributed by atoms with Crippen molar-refractivity contribution in [1.82, 2.24) is 15.0 Å². The summed E-state index contributed by atoms with van der Waals surface area (Å²) in [7, 11) is 0. The maximum atomic E-state index is 5.90. The van der Waals surface area contributed by atoms with Gasteiger partial charge in [-0.05, 0) is 17.5 Å². The van der Waals surface area contributed by atoms with Crippen LogP contribution in [0.3, 0.4) is 0 Å². The number of hydrogen-bond donors (Lipinski definition) is 3. The third-order valence-electron chi connectivity index (χ3n) is 2.90. The van der Waals surface area contributed by atoms with Crippen molar-refractivity contribution < 1.29 is 0 Å². The molecule has 0 aliphatic rings. The Morgan fingerprint density at radius 2 is 1.83 bits per heavy atom. The van der Waals surface area contributed by atoms with Gasteiger partial charge in [-0.3, -0.25) is 0 Å². The molecule has 5 nitrogen and oxygen atoms in total. The topological polar surface area (TPSA) is 93.6 Å². The van der Waals surface area contributed by atoms with Gasteiger partial charge in [0.15, 0.2) is 0 Å². The number of nitrogens with zero attached hydrogens (tertiary/aromatic N) is 2. The fourth-order valence-corrected chi connectivity index (χ4v) is 2.10. The molecule has 90 valence electrons. The Morgan fingerprint density at radius 1 is 1.06 bits per heavy atom. The molecule has 5 N–H and O–H groups in total. The van der Waals surface area contributed by atoms with Crippen molar-refractivity contribution in [3.8, 4) is 0 Å². The summed E-state index contributed by atoms with van der Waals surface area (Å²) in [6, 6.07) is 10.2. The first-order valence-corrected chi connectivity index (χ1v) is 5.67. The SMILES string of the molecule is Nc1nc(N)c2c(Cc3ccccc3)c[nH]c2n1.